The number of rotatable bonds is 10. The summed E-state index contributed by atoms with van der Waals surface area (Å²) < 4.78 is 5.31. The number of ether oxygens (including phenoxy) is 1. The molecule has 0 radical (unpaired) electrons. The van der Waals surface area contributed by atoms with E-state index in [2.05, 4.69) is 15.6 Å². The molecule has 0 bridgehead atoms. The second-order valence-corrected chi connectivity index (χ2v) is 6.36. The molecule has 1 heterocycles. The second kappa shape index (κ2) is 13.2. The van der Waals surface area contributed by atoms with E-state index in [-0.39, 0.29) is 36.5 Å². The summed E-state index contributed by atoms with van der Waals surface area (Å²) in [4.78, 5) is 28.9. The first-order valence-electron chi connectivity index (χ1n) is 9.38. The van der Waals surface area contributed by atoms with Crippen LogP contribution in [0, 0.1) is 0 Å². The number of guanidine groups is 1. The summed E-state index contributed by atoms with van der Waals surface area (Å²) in [7, 11) is 0. The molecule has 1 aliphatic rings. The zero-order chi connectivity index (χ0) is 19.5. The number of hydrogen-bond donors (Lipinski definition) is 3. The maximum Gasteiger partial charge on any atom is 0.255 e. The van der Waals surface area contributed by atoms with Crippen LogP contribution in [0.2, 0.25) is 0 Å². The van der Waals surface area contributed by atoms with Crippen LogP contribution in [-0.4, -0.2) is 55.5 Å². The molecule has 1 fully saturated rings. The minimum atomic E-state index is -0.507. The van der Waals surface area contributed by atoms with Crippen molar-refractivity contribution in [3.05, 3.63) is 29.8 Å². The quantitative estimate of drug-likeness (QED) is 0.193. The van der Waals surface area contributed by atoms with Gasteiger partial charge in [-0.3, -0.25) is 9.59 Å². The summed E-state index contributed by atoms with van der Waals surface area (Å²) in [5.41, 5.74) is 6.06. The Morgan fingerprint density at radius 3 is 2.86 bits per heavy atom. The molecule has 0 spiro atoms. The van der Waals surface area contributed by atoms with Gasteiger partial charge in [0.2, 0.25) is 5.91 Å². The smallest absolute Gasteiger partial charge is 0.255 e. The van der Waals surface area contributed by atoms with Crippen molar-refractivity contribution in [1.82, 2.24) is 15.5 Å². The van der Waals surface area contributed by atoms with Crippen LogP contribution in [0.25, 0.3) is 0 Å². The van der Waals surface area contributed by atoms with Crippen LogP contribution in [0.5, 0.6) is 5.75 Å². The molecule has 0 aromatic heterocycles. The van der Waals surface area contributed by atoms with Crippen molar-refractivity contribution in [2.24, 2.45) is 10.7 Å². The molecule has 0 saturated carbocycles. The molecule has 8 nitrogen and oxygen atoms in total. The van der Waals surface area contributed by atoms with Gasteiger partial charge in [-0.25, -0.2) is 4.99 Å². The highest BCUT2D eigenvalue weighted by molar-refractivity contribution is 14.0. The number of hydrogen-bond acceptors (Lipinski definition) is 4. The summed E-state index contributed by atoms with van der Waals surface area (Å²) in [6.07, 6.45) is 2.53. The first kappa shape index (κ1) is 24.0. The minimum absolute atomic E-state index is 0. The number of benzene rings is 1. The third kappa shape index (κ3) is 8.77. The van der Waals surface area contributed by atoms with E-state index < -0.39 is 5.91 Å². The second-order valence-electron chi connectivity index (χ2n) is 6.36. The van der Waals surface area contributed by atoms with Crippen molar-refractivity contribution >= 4 is 41.8 Å². The number of amides is 2. The number of primary amides is 1. The number of nitrogens with one attached hydrogen (secondary N) is 2. The lowest BCUT2D eigenvalue weighted by molar-refractivity contribution is -0.127. The average molecular weight is 503 g/mol. The minimum Gasteiger partial charge on any atom is -0.484 e. The van der Waals surface area contributed by atoms with Crippen molar-refractivity contribution in [1.29, 1.82) is 0 Å². The van der Waals surface area contributed by atoms with E-state index in [0.29, 0.717) is 18.7 Å². The highest BCUT2D eigenvalue weighted by Gasteiger charge is 2.18. The van der Waals surface area contributed by atoms with Crippen LogP contribution < -0.4 is 21.1 Å². The van der Waals surface area contributed by atoms with Crippen LogP contribution in [0.3, 0.4) is 0 Å². The topological polar surface area (TPSA) is 109 Å². The predicted molar refractivity (Wildman–Crippen MR) is 120 cm³/mol. The number of nitrogens with zero attached hydrogens (tertiary/aromatic N) is 2. The predicted octanol–water partition coefficient (Wildman–Crippen LogP) is 1.24. The standard InChI is InChI=1S/C19H29N5O3.HI/c1-2-21-19(22-9-5-11-24-10-4-8-18(24)26)23-13-15-6-3-7-16(12-15)27-14-17(20)25;/h3,6-7,12H,2,4-5,8-11,13-14H2,1H3,(H2,20,25)(H2,21,22,23);1H. The number of carbonyl (C=O) groups excluding carboxylic acids is 2. The number of nitrogens with two attached hydrogens (primary N) is 1. The van der Waals surface area contributed by atoms with Crippen LogP contribution in [0.15, 0.2) is 29.3 Å². The number of carbonyl (C=O) groups is 2. The molecule has 2 rings (SSSR count). The van der Waals surface area contributed by atoms with Gasteiger partial charge in [0, 0.05) is 32.6 Å². The molecule has 0 atom stereocenters. The summed E-state index contributed by atoms with van der Waals surface area (Å²) in [6, 6.07) is 7.42. The van der Waals surface area contributed by atoms with Gasteiger partial charge >= 0.3 is 0 Å². The molecule has 1 aromatic rings. The maximum absolute atomic E-state index is 11.6. The van der Waals surface area contributed by atoms with Gasteiger partial charge in [0.05, 0.1) is 6.54 Å². The van der Waals surface area contributed by atoms with Gasteiger partial charge in [-0.1, -0.05) is 12.1 Å². The SMILES string of the molecule is CCNC(=NCc1cccc(OCC(N)=O)c1)NCCCN1CCCC1=O.I. The molecule has 28 heavy (non-hydrogen) atoms. The Kier molecular flexibility index (Phi) is 11.3. The highest BCUT2D eigenvalue weighted by Crippen LogP contribution is 2.14. The van der Waals surface area contributed by atoms with Gasteiger partial charge < -0.3 is 26.0 Å². The van der Waals surface area contributed by atoms with E-state index in [0.717, 1.165) is 50.5 Å². The summed E-state index contributed by atoms with van der Waals surface area (Å²) in [6.45, 7) is 5.52. The first-order chi connectivity index (χ1) is 13.1. The van der Waals surface area contributed by atoms with E-state index in [9.17, 15) is 9.59 Å². The van der Waals surface area contributed by atoms with Crippen molar-refractivity contribution in [2.75, 3.05) is 32.8 Å². The Bertz CT molecular complexity index is 669. The Labute approximate surface area is 183 Å². The fourth-order valence-electron chi connectivity index (χ4n) is 2.82. The van der Waals surface area contributed by atoms with E-state index in [1.54, 1.807) is 6.07 Å². The van der Waals surface area contributed by atoms with E-state index in [1.807, 2.05) is 30.0 Å². The molecular formula is C19H30IN5O3. The third-order valence-electron chi connectivity index (χ3n) is 4.11. The average Bonchev–Trinajstić information content (AvgIpc) is 3.06. The van der Waals surface area contributed by atoms with Crippen molar-refractivity contribution in [3.8, 4) is 5.75 Å². The summed E-state index contributed by atoms with van der Waals surface area (Å²) in [5, 5.41) is 6.50. The van der Waals surface area contributed by atoms with Crippen molar-refractivity contribution < 1.29 is 14.3 Å². The van der Waals surface area contributed by atoms with Crippen LogP contribution >= 0.6 is 24.0 Å². The van der Waals surface area contributed by atoms with Crippen LogP contribution in [0.4, 0.5) is 0 Å². The molecule has 1 saturated heterocycles. The van der Waals surface area contributed by atoms with E-state index in [1.165, 1.54) is 0 Å². The van der Waals surface area contributed by atoms with Gasteiger partial charge in [-0.05, 0) is 37.5 Å². The summed E-state index contributed by atoms with van der Waals surface area (Å²) >= 11 is 0. The van der Waals surface area contributed by atoms with Gasteiger partial charge in [-0.15, -0.1) is 24.0 Å². The lowest BCUT2D eigenvalue weighted by Crippen LogP contribution is -2.39. The lowest BCUT2D eigenvalue weighted by atomic mass is 10.2. The Morgan fingerprint density at radius 1 is 1.36 bits per heavy atom. The lowest BCUT2D eigenvalue weighted by Gasteiger charge is -2.16. The molecule has 0 aliphatic carbocycles. The number of likely N-dealkylation sites (tertiary alicyclic amines) is 1. The van der Waals surface area contributed by atoms with Gasteiger partial charge in [0.15, 0.2) is 12.6 Å². The molecule has 1 aliphatic heterocycles. The third-order valence-corrected chi connectivity index (χ3v) is 4.11. The largest absolute Gasteiger partial charge is 0.484 e. The van der Waals surface area contributed by atoms with E-state index >= 15 is 0 Å². The van der Waals surface area contributed by atoms with Gasteiger partial charge in [0.1, 0.15) is 5.75 Å². The normalized spacial score (nSPS) is 13.8. The summed E-state index contributed by atoms with van der Waals surface area (Å²) in [5.74, 6) is 1.07. The fraction of sp³-hybridized carbons (Fsp3) is 0.526. The van der Waals surface area contributed by atoms with Gasteiger partial charge in [0.25, 0.3) is 5.91 Å². The van der Waals surface area contributed by atoms with Crippen LogP contribution in [-0.2, 0) is 16.1 Å². The molecule has 156 valence electrons. The number of aliphatic imine (C=N–C) groups is 1. The molecular weight excluding hydrogens is 473 g/mol. The van der Waals surface area contributed by atoms with Crippen LogP contribution in [0.1, 0.15) is 31.7 Å². The zero-order valence-corrected chi connectivity index (χ0v) is 18.6. The van der Waals surface area contributed by atoms with E-state index in [4.69, 9.17) is 10.5 Å². The van der Waals surface area contributed by atoms with Gasteiger partial charge in [-0.2, -0.15) is 0 Å². The molecule has 9 heteroatoms. The number of halogens is 1. The Balaban J connectivity index is 0.00000392. The first-order valence-corrected chi connectivity index (χ1v) is 9.38. The fourth-order valence-corrected chi connectivity index (χ4v) is 2.82. The van der Waals surface area contributed by atoms with Crippen molar-refractivity contribution in [3.63, 3.8) is 0 Å². The monoisotopic (exact) mass is 503 g/mol. The molecule has 2 amide bonds. The highest BCUT2D eigenvalue weighted by atomic mass is 127. The Hall–Kier alpha value is -2.04. The molecule has 1 aromatic carbocycles. The molecule has 0 unspecified atom stereocenters. The zero-order valence-electron chi connectivity index (χ0n) is 16.3. The molecule has 4 N–H and O–H groups in total. The van der Waals surface area contributed by atoms with Crippen molar-refractivity contribution in [2.45, 2.75) is 32.7 Å². The Morgan fingerprint density at radius 2 is 2.18 bits per heavy atom. The maximum atomic E-state index is 11.6.